The fraction of sp³-hybridized carbons (Fsp3) is 0.333. The second-order valence-electron chi connectivity index (χ2n) is 4.41. The van der Waals surface area contributed by atoms with Crippen LogP contribution in [0.15, 0.2) is 28.7 Å². The Bertz CT molecular complexity index is 581. The Morgan fingerprint density at radius 1 is 1.20 bits per heavy atom. The molecule has 0 aliphatic carbocycles. The topological polar surface area (TPSA) is 34.4 Å². The predicted molar refractivity (Wildman–Crippen MR) is 82.7 cm³/mol. The molecule has 5 heteroatoms. The van der Waals surface area contributed by atoms with E-state index in [0.29, 0.717) is 28.1 Å². The van der Waals surface area contributed by atoms with Gasteiger partial charge in [0.25, 0.3) is 0 Å². The van der Waals surface area contributed by atoms with Crippen molar-refractivity contribution in [2.24, 2.45) is 0 Å². The van der Waals surface area contributed by atoms with Crippen molar-refractivity contribution in [3.8, 4) is 17.1 Å². The molecule has 0 unspecified atom stereocenters. The van der Waals surface area contributed by atoms with Crippen molar-refractivity contribution < 1.29 is 9.15 Å². The first-order valence-corrected chi connectivity index (χ1v) is 7.24. The summed E-state index contributed by atoms with van der Waals surface area (Å²) in [5.74, 6) is 2.13. The van der Waals surface area contributed by atoms with E-state index in [1.165, 1.54) is 0 Å². The van der Waals surface area contributed by atoms with E-state index < -0.39 is 0 Å². The molecule has 0 saturated heterocycles. The Morgan fingerprint density at radius 3 is 2.70 bits per heavy atom. The van der Waals surface area contributed by atoms with E-state index >= 15 is 0 Å². The number of benzene rings is 1. The van der Waals surface area contributed by atoms with Crippen LogP contribution in [-0.2, 0) is 6.54 Å². The molecule has 0 aliphatic heterocycles. The zero-order valence-electron chi connectivity index (χ0n) is 11.5. The molecule has 0 bridgehead atoms. The molecule has 0 aliphatic rings. The van der Waals surface area contributed by atoms with Gasteiger partial charge in [0, 0.05) is 11.6 Å². The predicted octanol–water partition coefficient (Wildman–Crippen LogP) is 4.76. The fourth-order valence-corrected chi connectivity index (χ4v) is 2.37. The lowest BCUT2D eigenvalue weighted by Crippen LogP contribution is -2.12. The van der Waals surface area contributed by atoms with E-state index in [1.54, 1.807) is 19.2 Å². The molecule has 2 rings (SSSR count). The van der Waals surface area contributed by atoms with E-state index in [4.69, 9.17) is 32.4 Å². The van der Waals surface area contributed by atoms with Gasteiger partial charge in [-0.05, 0) is 31.2 Å². The lowest BCUT2D eigenvalue weighted by atomic mass is 10.1. The molecule has 0 spiro atoms. The fourth-order valence-electron chi connectivity index (χ4n) is 1.88. The van der Waals surface area contributed by atoms with E-state index in [1.807, 2.05) is 12.1 Å². The summed E-state index contributed by atoms with van der Waals surface area (Å²) in [7, 11) is 1.56. The maximum absolute atomic E-state index is 6.24. The largest absolute Gasteiger partial charge is 0.495 e. The monoisotopic (exact) mass is 313 g/mol. The van der Waals surface area contributed by atoms with Crippen molar-refractivity contribution in [1.29, 1.82) is 0 Å². The standard InChI is InChI=1S/C15H17Cl2NO2/c1-3-6-18-9-10-4-5-14(20-10)11-7-13(17)15(19-2)8-12(11)16/h4-5,7-8,18H,3,6,9H2,1-2H3. The van der Waals surface area contributed by atoms with Gasteiger partial charge in [0.15, 0.2) is 0 Å². The minimum Gasteiger partial charge on any atom is -0.495 e. The summed E-state index contributed by atoms with van der Waals surface area (Å²) in [6.07, 6.45) is 1.09. The van der Waals surface area contributed by atoms with Gasteiger partial charge in [0.2, 0.25) is 0 Å². The number of furan rings is 1. The van der Waals surface area contributed by atoms with Gasteiger partial charge in [-0.3, -0.25) is 0 Å². The van der Waals surface area contributed by atoms with Crippen LogP contribution in [0, 0.1) is 0 Å². The number of hydrogen-bond donors (Lipinski definition) is 1. The van der Waals surface area contributed by atoms with Gasteiger partial charge >= 0.3 is 0 Å². The molecule has 0 atom stereocenters. The maximum Gasteiger partial charge on any atom is 0.138 e. The number of rotatable bonds is 6. The minimum atomic E-state index is 0.508. The van der Waals surface area contributed by atoms with Crippen molar-refractivity contribution in [1.82, 2.24) is 5.32 Å². The molecule has 0 radical (unpaired) electrons. The third kappa shape index (κ3) is 3.48. The highest BCUT2D eigenvalue weighted by Crippen LogP contribution is 2.37. The summed E-state index contributed by atoms with van der Waals surface area (Å²) in [6, 6.07) is 7.28. The Kier molecular flexibility index (Phi) is 5.35. The van der Waals surface area contributed by atoms with Gasteiger partial charge in [-0.15, -0.1) is 0 Å². The Labute approximate surface area is 128 Å². The molecule has 1 heterocycles. The molecular weight excluding hydrogens is 297 g/mol. The van der Waals surface area contributed by atoms with Crippen molar-refractivity contribution in [3.05, 3.63) is 40.1 Å². The molecule has 3 nitrogen and oxygen atoms in total. The lowest BCUT2D eigenvalue weighted by Gasteiger charge is -2.07. The van der Waals surface area contributed by atoms with E-state index in [0.717, 1.165) is 24.3 Å². The molecule has 0 saturated carbocycles. The molecule has 108 valence electrons. The van der Waals surface area contributed by atoms with Crippen LogP contribution in [0.2, 0.25) is 10.0 Å². The summed E-state index contributed by atoms with van der Waals surface area (Å²) in [5.41, 5.74) is 0.763. The van der Waals surface area contributed by atoms with Crippen LogP contribution in [0.1, 0.15) is 19.1 Å². The highest BCUT2D eigenvalue weighted by atomic mass is 35.5. The van der Waals surface area contributed by atoms with Crippen molar-refractivity contribution in [3.63, 3.8) is 0 Å². The molecule has 20 heavy (non-hydrogen) atoms. The Morgan fingerprint density at radius 2 is 2.00 bits per heavy atom. The first kappa shape index (κ1) is 15.2. The number of methoxy groups -OCH3 is 1. The van der Waals surface area contributed by atoms with Gasteiger partial charge in [-0.1, -0.05) is 30.1 Å². The van der Waals surface area contributed by atoms with Crippen LogP contribution in [0.25, 0.3) is 11.3 Å². The Balaban J connectivity index is 2.21. The number of hydrogen-bond acceptors (Lipinski definition) is 3. The van der Waals surface area contributed by atoms with Crippen molar-refractivity contribution in [2.75, 3.05) is 13.7 Å². The molecule has 1 aromatic heterocycles. The highest BCUT2D eigenvalue weighted by molar-refractivity contribution is 6.36. The number of ether oxygens (including phenoxy) is 1. The smallest absolute Gasteiger partial charge is 0.138 e. The van der Waals surface area contributed by atoms with Gasteiger partial charge in [0.1, 0.15) is 17.3 Å². The Hall–Kier alpha value is -1.16. The lowest BCUT2D eigenvalue weighted by molar-refractivity contribution is 0.415. The van der Waals surface area contributed by atoms with E-state index in [2.05, 4.69) is 12.2 Å². The zero-order valence-corrected chi connectivity index (χ0v) is 13.0. The average molecular weight is 314 g/mol. The summed E-state index contributed by atoms with van der Waals surface area (Å²) in [4.78, 5) is 0. The van der Waals surface area contributed by atoms with E-state index in [-0.39, 0.29) is 0 Å². The van der Waals surface area contributed by atoms with Gasteiger partial charge < -0.3 is 14.5 Å². The minimum absolute atomic E-state index is 0.508. The van der Waals surface area contributed by atoms with Crippen molar-refractivity contribution >= 4 is 23.2 Å². The average Bonchev–Trinajstić information content (AvgIpc) is 2.90. The quantitative estimate of drug-likeness (QED) is 0.781. The van der Waals surface area contributed by atoms with Crippen LogP contribution >= 0.6 is 23.2 Å². The van der Waals surface area contributed by atoms with Crippen LogP contribution in [-0.4, -0.2) is 13.7 Å². The summed E-state index contributed by atoms with van der Waals surface area (Å²) in [6.45, 7) is 3.79. The van der Waals surface area contributed by atoms with Crippen LogP contribution in [0.4, 0.5) is 0 Å². The van der Waals surface area contributed by atoms with Crippen molar-refractivity contribution in [2.45, 2.75) is 19.9 Å². The summed E-state index contributed by atoms with van der Waals surface area (Å²) in [5, 5.41) is 4.35. The summed E-state index contributed by atoms with van der Waals surface area (Å²) < 4.78 is 10.9. The van der Waals surface area contributed by atoms with Crippen LogP contribution in [0.5, 0.6) is 5.75 Å². The summed E-state index contributed by atoms with van der Waals surface area (Å²) >= 11 is 12.4. The highest BCUT2D eigenvalue weighted by Gasteiger charge is 2.12. The third-order valence-electron chi connectivity index (χ3n) is 2.89. The molecule has 2 aromatic rings. The second-order valence-corrected chi connectivity index (χ2v) is 5.22. The normalized spacial score (nSPS) is 10.8. The third-order valence-corrected chi connectivity index (χ3v) is 3.50. The maximum atomic E-state index is 6.24. The number of nitrogens with one attached hydrogen (secondary N) is 1. The van der Waals surface area contributed by atoms with E-state index in [9.17, 15) is 0 Å². The number of halogens is 2. The van der Waals surface area contributed by atoms with Crippen LogP contribution in [0.3, 0.4) is 0 Å². The first-order valence-electron chi connectivity index (χ1n) is 6.48. The van der Waals surface area contributed by atoms with Gasteiger partial charge in [-0.2, -0.15) is 0 Å². The van der Waals surface area contributed by atoms with Gasteiger partial charge in [0.05, 0.1) is 23.7 Å². The molecule has 0 amide bonds. The second kappa shape index (κ2) is 7.02. The zero-order chi connectivity index (χ0) is 14.5. The van der Waals surface area contributed by atoms with Crippen LogP contribution < -0.4 is 10.1 Å². The SMILES string of the molecule is CCCNCc1ccc(-c2cc(Cl)c(OC)cc2Cl)o1. The molecule has 0 fully saturated rings. The first-order chi connectivity index (χ1) is 9.65. The molecule has 1 aromatic carbocycles. The molecular formula is C15H17Cl2NO2. The van der Waals surface area contributed by atoms with Gasteiger partial charge in [-0.25, -0.2) is 0 Å². The molecule has 1 N–H and O–H groups in total.